The van der Waals surface area contributed by atoms with E-state index in [2.05, 4.69) is 26.0 Å². The molecule has 0 aliphatic carbocycles. The van der Waals surface area contributed by atoms with E-state index in [1.165, 1.54) is 250 Å². The number of aliphatic carboxylic acids is 1. The summed E-state index contributed by atoms with van der Waals surface area (Å²) < 4.78 is 22.9. The zero-order valence-electron chi connectivity index (χ0n) is 48.6. The molecule has 0 heterocycles. The fourth-order valence-electron chi connectivity index (χ4n) is 9.42. The maximum absolute atomic E-state index is 12.9. The molecule has 0 fully saturated rings. The lowest BCUT2D eigenvalue weighted by molar-refractivity contribution is -0.870. The molecule has 0 saturated carbocycles. The Bertz CT molecular complexity index is 1190. The van der Waals surface area contributed by atoms with E-state index >= 15 is 0 Å². The molecule has 2 unspecified atom stereocenters. The number of carboxylic acid groups (broad SMARTS) is 1. The molecule has 0 rings (SSSR count). The Morgan fingerprint density at radius 3 is 1.03 bits per heavy atom. The number of likely N-dealkylation sites (N-methyl/N-ethyl adjacent to an activating group) is 1. The molecule has 2 atom stereocenters. The molecule has 0 aromatic heterocycles. The van der Waals surface area contributed by atoms with Gasteiger partial charge >= 0.3 is 17.9 Å². The van der Waals surface area contributed by atoms with Gasteiger partial charge in [-0.2, -0.15) is 0 Å². The molecule has 9 heteroatoms. The summed E-state index contributed by atoms with van der Waals surface area (Å²) in [5, 5.41) is 9.72. The minimum absolute atomic E-state index is 0.175. The molecule has 1 N–H and O–H groups in total. The maximum atomic E-state index is 12.9. The van der Waals surface area contributed by atoms with E-state index in [9.17, 15) is 19.5 Å². The number of quaternary nitrogens is 1. The maximum Gasteiger partial charge on any atom is 0.361 e. The lowest BCUT2D eigenvalue weighted by Crippen LogP contribution is -2.40. The second-order valence-corrected chi connectivity index (χ2v) is 22.7. The van der Waals surface area contributed by atoms with E-state index in [0.717, 1.165) is 38.5 Å². The highest BCUT2D eigenvalue weighted by molar-refractivity contribution is 5.71. The van der Waals surface area contributed by atoms with Crippen molar-refractivity contribution in [2.45, 2.75) is 328 Å². The van der Waals surface area contributed by atoms with Gasteiger partial charge in [0.2, 0.25) is 0 Å². The van der Waals surface area contributed by atoms with Crippen molar-refractivity contribution in [2.75, 3.05) is 47.5 Å². The number of carbonyl (C=O) groups excluding carboxylic acids is 2. The molecule has 9 nitrogen and oxygen atoms in total. The molecular weight excluding hydrogens is 899 g/mol. The molecule has 0 bridgehead atoms. The van der Waals surface area contributed by atoms with Crippen molar-refractivity contribution in [3.63, 3.8) is 0 Å². The van der Waals surface area contributed by atoms with Crippen LogP contribution >= 0.6 is 0 Å². The van der Waals surface area contributed by atoms with Gasteiger partial charge in [-0.1, -0.05) is 276 Å². The molecule has 0 amide bonds. The summed E-state index contributed by atoms with van der Waals surface area (Å²) in [5.41, 5.74) is 0. The lowest BCUT2D eigenvalue weighted by Gasteiger charge is -2.25. The highest BCUT2D eigenvalue weighted by Crippen LogP contribution is 2.18. The van der Waals surface area contributed by atoms with Gasteiger partial charge in [0.1, 0.15) is 13.2 Å². The van der Waals surface area contributed by atoms with E-state index in [1.54, 1.807) is 0 Å². The van der Waals surface area contributed by atoms with Crippen LogP contribution in [0, 0.1) is 0 Å². The van der Waals surface area contributed by atoms with Crippen LogP contribution in [0.1, 0.15) is 316 Å². The van der Waals surface area contributed by atoms with Crippen molar-refractivity contribution in [3.8, 4) is 0 Å². The summed E-state index contributed by atoms with van der Waals surface area (Å²) in [7, 11) is 5.98. The first-order chi connectivity index (χ1) is 35.1. The first-order valence-electron chi connectivity index (χ1n) is 31.4. The van der Waals surface area contributed by atoms with Crippen molar-refractivity contribution in [1.82, 2.24) is 0 Å². The quantitative estimate of drug-likeness (QED) is 0.0211. The largest absolute Gasteiger partial charge is 0.477 e. The van der Waals surface area contributed by atoms with E-state index in [4.69, 9.17) is 18.9 Å². The van der Waals surface area contributed by atoms with Crippen LogP contribution in [0.4, 0.5) is 0 Å². The number of carboxylic acids is 1. The summed E-state index contributed by atoms with van der Waals surface area (Å²) >= 11 is 0. The first-order valence-corrected chi connectivity index (χ1v) is 31.4. The van der Waals surface area contributed by atoms with Crippen LogP contribution in [0.15, 0.2) is 12.2 Å². The Balaban J connectivity index is 4.15. The topological polar surface area (TPSA) is 108 Å². The van der Waals surface area contributed by atoms with Gasteiger partial charge in [-0.3, -0.25) is 9.59 Å². The van der Waals surface area contributed by atoms with Gasteiger partial charge in [0, 0.05) is 12.8 Å². The van der Waals surface area contributed by atoms with Gasteiger partial charge in [0.25, 0.3) is 6.29 Å². The first kappa shape index (κ1) is 70.0. The van der Waals surface area contributed by atoms with Crippen LogP contribution < -0.4 is 0 Å². The highest BCUT2D eigenvalue weighted by atomic mass is 16.7. The fourth-order valence-corrected chi connectivity index (χ4v) is 9.42. The van der Waals surface area contributed by atoms with E-state index < -0.39 is 18.4 Å². The van der Waals surface area contributed by atoms with Crippen LogP contribution in [0.5, 0.6) is 0 Å². The predicted octanol–water partition coefficient (Wildman–Crippen LogP) is 18.5. The van der Waals surface area contributed by atoms with Gasteiger partial charge < -0.3 is 28.5 Å². The number of rotatable bonds is 59. The second-order valence-electron chi connectivity index (χ2n) is 22.7. The molecule has 426 valence electrons. The van der Waals surface area contributed by atoms with Crippen molar-refractivity contribution >= 4 is 17.9 Å². The Morgan fingerprint density at radius 1 is 0.403 bits per heavy atom. The minimum Gasteiger partial charge on any atom is -0.477 e. The molecular formula is C63H122NO8+. The lowest BCUT2D eigenvalue weighted by atomic mass is 10.0. The SMILES string of the molecule is CCCCCCCCCC/C=C\CCCCCCCCCCCCCC(=O)OC(COC(=O)CCCCCCCCCCCCCCCCCCCCCCCCCC)COC(OCC[N+](C)(C)C)C(=O)O. The zero-order chi connectivity index (χ0) is 52.7. The van der Waals surface area contributed by atoms with Crippen molar-refractivity contribution < 1.29 is 42.9 Å². The van der Waals surface area contributed by atoms with E-state index in [1.807, 2.05) is 21.1 Å². The Morgan fingerprint density at radius 2 is 0.708 bits per heavy atom. The molecule has 0 radical (unpaired) electrons. The van der Waals surface area contributed by atoms with Crippen LogP contribution in [0.3, 0.4) is 0 Å². The minimum atomic E-state index is -1.51. The molecule has 0 aromatic carbocycles. The second kappa shape index (κ2) is 55.3. The summed E-state index contributed by atoms with van der Waals surface area (Å²) in [5.74, 6) is -1.98. The summed E-state index contributed by atoms with van der Waals surface area (Å²) in [4.78, 5) is 37.5. The summed E-state index contributed by atoms with van der Waals surface area (Å²) in [6, 6.07) is 0. The van der Waals surface area contributed by atoms with Crippen LogP contribution in [0.25, 0.3) is 0 Å². The number of nitrogens with zero attached hydrogens (tertiary/aromatic N) is 1. The third kappa shape index (κ3) is 55.8. The normalized spacial score (nSPS) is 12.7. The smallest absolute Gasteiger partial charge is 0.361 e. The number of esters is 2. The van der Waals surface area contributed by atoms with Gasteiger partial charge in [-0.25, -0.2) is 4.79 Å². The van der Waals surface area contributed by atoms with Gasteiger partial charge in [-0.05, 0) is 38.5 Å². The summed E-state index contributed by atoms with van der Waals surface area (Å²) in [6.07, 6.45) is 61.6. The molecule has 0 aromatic rings. The average Bonchev–Trinajstić information content (AvgIpc) is 3.35. The third-order valence-corrected chi connectivity index (χ3v) is 14.3. The van der Waals surface area contributed by atoms with Gasteiger partial charge in [0.05, 0.1) is 34.4 Å². The Kier molecular flexibility index (Phi) is 53.8. The number of ether oxygens (including phenoxy) is 4. The monoisotopic (exact) mass is 1020 g/mol. The fraction of sp³-hybridized carbons (Fsp3) is 0.921. The number of hydrogen-bond acceptors (Lipinski definition) is 7. The third-order valence-electron chi connectivity index (χ3n) is 14.3. The van der Waals surface area contributed by atoms with Crippen LogP contribution in [-0.2, 0) is 33.3 Å². The van der Waals surface area contributed by atoms with Crippen molar-refractivity contribution in [3.05, 3.63) is 12.2 Å². The van der Waals surface area contributed by atoms with Gasteiger partial charge in [0.15, 0.2) is 6.10 Å². The van der Waals surface area contributed by atoms with E-state index in [0.29, 0.717) is 17.4 Å². The van der Waals surface area contributed by atoms with Crippen LogP contribution in [0.2, 0.25) is 0 Å². The summed E-state index contributed by atoms with van der Waals surface area (Å²) in [6.45, 7) is 4.94. The standard InChI is InChI=1S/C63H121NO8/c1-6-8-10-12-14-16-18-20-22-24-26-28-30-32-33-35-37-39-41-43-45-47-49-51-53-60(65)70-57-59(58-71-63(62(67)68)69-56-55-64(3,4)5)72-61(66)54-52-50-48-46-44-42-40-38-36-34-31-29-27-25-23-21-19-17-15-13-11-9-7-2/h25,27,59,63H,6-24,26,28-58H2,1-5H3/p+1/b27-25-. The van der Waals surface area contributed by atoms with Crippen LogP contribution in [-0.4, -0.2) is 87.4 Å². The molecule has 0 spiro atoms. The molecule has 0 saturated heterocycles. The van der Waals surface area contributed by atoms with Gasteiger partial charge in [-0.15, -0.1) is 0 Å². The molecule has 72 heavy (non-hydrogen) atoms. The number of hydrogen-bond donors (Lipinski definition) is 1. The van der Waals surface area contributed by atoms with Crippen molar-refractivity contribution in [1.29, 1.82) is 0 Å². The average molecular weight is 1020 g/mol. The number of carbonyl (C=O) groups is 3. The highest BCUT2D eigenvalue weighted by Gasteiger charge is 2.25. The molecule has 0 aliphatic heterocycles. The zero-order valence-corrected chi connectivity index (χ0v) is 48.6. The predicted molar refractivity (Wildman–Crippen MR) is 305 cm³/mol. The van der Waals surface area contributed by atoms with Crippen molar-refractivity contribution in [2.24, 2.45) is 0 Å². The number of unbranched alkanes of at least 4 members (excludes halogenated alkanes) is 42. The molecule has 0 aliphatic rings. The number of allylic oxidation sites excluding steroid dienone is 2. The van der Waals surface area contributed by atoms with E-state index in [-0.39, 0.29) is 38.2 Å². The Labute approximate surface area is 446 Å². The Hall–Kier alpha value is -1.97.